The summed E-state index contributed by atoms with van der Waals surface area (Å²) in [4.78, 5) is 13.3. The summed E-state index contributed by atoms with van der Waals surface area (Å²) in [5, 5.41) is 10.9. The minimum Gasteiger partial charge on any atom is -0.497 e. The minimum atomic E-state index is -0.159. The molecule has 0 saturated heterocycles. The van der Waals surface area contributed by atoms with E-state index >= 15 is 0 Å². The van der Waals surface area contributed by atoms with Crippen LogP contribution in [-0.2, 0) is 4.79 Å². The number of aryl methyl sites for hydroxylation is 1. The van der Waals surface area contributed by atoms with E-state index in [9.17, 15) is 4.79 Å². The number of carbonyl (C=O) groups is 1. The standard InChI is InChI=1S/C28H24N4O2/c1-19-16-24(34-3)14-15-25(19)27-21(18-31(30-27)22-10-6-4-7-11-22)17-26-20(2)29-32(28(26)33)23-12-8-5-9-13-23/h4-18H,1-3H3/b26-17+. The molecular weight excluding hydrogens is 424 g/mol. The first kappa shape index (κ1) is 21.4. The lowest BCUT2D eigenvalue weighted by molar-refractivity contribution is -0.114. The van der Waals surface area contributed by atoms with Crippen molar-refractivity contribution in [3.63, 3.8) is 0 Å². The SMILES string of the molecule is COc1ccc(-c2nn(-c3ccccc3)cc2/C=C2/C(=O)N(c3ccccc3)N=C2C)c(C)c1. The summed E-state index contributed by atoms with van der Waals surface area (Å²) in [6.45, 7) is 3.88. The van der Waals surface area contributed by atoms with E-state index in [0.29, 0.717) is 11.3 Å². The Balaban J connectivity index is 1.62. The van der Waals surface area contributed by atoms with E-state index in [-0.39, 0.29) is 5.91 Å². The normalized spacial score (nSPS) is 14.6. The average Bonchev–Trinajstić information content (AvgIpc) is 3.41. The van der Waals surface area contributed by atoms with Gasteiger partial charge in [0.1, 0.15) is 11.4 Å². The van der Waals surface area contributed by atoms with Gasteiger partial charge in [-0.3, -0.25) is 4.79 Å². The third-order valence-electron chi connectivity index (χ3n) is 5.82. The highest BCUT2D eigenvalue weighted by molar-refractivity contribution is 6.32. The Morgan fingerprint density at radius 3 is 2.21 bits per heavy atom. The van der Waals surface area contributed by atoms with Crippen molar-refractivity contribution >= 4 is 23.4 Å². The molecule has 0 bridgehead atoms. The van der Waals surface area contributed by atoms with Gasteiger partial charge in [-0.2, -0.15) is 15.2 Å². The summed E-state index contributed by atoms with van der Waals surface area (Å²) >= 11 is 0. The number of benzene rings is 3. The maximum atomic E-state index is 13.3. The Labute approximate surface area is 198 Å². The van der Waals surface area contributed by atoms with Gasteiger partial charge in [-0.1, -0.05) is 36.4 Å². The fraction of sp³-hybridized carbons (Fsp3) is 0.107. The molecule has 0 saturated carbocycles. The molecule has 6 nitrogen and oxygen atoms in total. The van der Waals surface area contributed by atoms with Gasteiger partial charge in [-0.25, -0.2) is 4.68 Å². The summed E-state index contributed by atoms with van der Waals surface area (Å²) in [6, 6.07) is 25.3. The Morgan fingerprint density at radius 1 is 0.882 bits per heavy atom. The maximum Gasteiger partial charge on any atom is 0.280 e. The Kier molecular flexibility index (Phi) is 5.55. The highest BCUT2D eigenvalue weighted by Gasteiger charge is 2.29. The van der Waals surface area contributed by atoms with Crippen LogP contribution in [0.25, 0.3) is 23.0 Å². The van der Waals surface area contributed by atoms with Gasteiger partial charge in [0.25, 0.3) is 5.91 Å². The van der Waals surface area contributed by atoms with Crippen molar-refractivity contribution in [2.24, 2.45) is 5.10 Å². The van der Waals surface area contributed by atoms with Crippen molar-refractivity contribution in [3.8, 4) is 22.7 Å². The van der Waals surface area contributed by atoms with Gasteiger partial charge in [0.2, 0.25) is 0 Å². The van der Waals surface area contributed by atoms with Gasteiger partial charge < -0.3 is 4.74 Å². The average molecular weight is 449 g/mol. The minimum absolute atomic E-state index is 0.159. The topological polar surface area (TPSA) is 59.7 Å². The number of nitrogens with zero attached hydrogens (tertiary/aromatic N) is 4. The van der Waals surface area contributed by atoms with Gasteiger partial charge in [0.15, 0.2) is 0 Å². The Morgan fingerprint density at radius 2 is 1.56 bits per heavy atom. The number of hydrogen-bond donors (Lipinski definition) is 0. The Bertz CT molecular complexity index is 1420. The van der Waals surface area contributed by atoms with E-state index < -0.39 is 0 Å². The van der Waals surface area contributed by atoms with Crippen LogP contribution in [0.15, 0.2) is 95.7 Å². The van der Waals surface area contributed by atoms with E-state index in [0.717, 1.165) is 39.5 Å². The number of anilines is 1. The van der Waals surface area contributed by atoms with E-state index in [1.807, 2.05) is 110 Å². The third-order valence-corrected chi connectivity index (χ3v) is 5.82. The molecule has 1 aromatic heterocycles. The molecule has 0 fully saturated rings. The molecular formula is C28H24N4O2. The molecule has 168 valence electrons. The molecule has 0 N–H and O–H groups in total. The van der Waals surface area contributed by atoms with Gasteiger partial charge in [-0.05, 0) is 68.0 Å². The van der Waals surface area contributed by atoms with Crippen LogP contribution in [0.2, 0.25) is 0 Å². The summed E-state index contributed by atoms with van der Waals surface area (Å²) in [7, 11) is 1.65. The van der Waals surface area contributed by atoms with Gasteiger partial charge in [0.05, 0.1) is 29.8 Å². The molecule has 0 unspecified atom stereocenters. The largest absolute Gasteiger partial charge is 0.497 e. The number of hydrazone groups is 1. The maximum absolute atomic E-state index is 13.3. The number of ether oxygens (including phenoxy) is 1. The third kappa shape index (κ3) is 3.90. The molecule has 1 aliphatic rings. The molecule has 3 aromatic carbocycles. The lowest BCUT2D eigenvalue weighted by Crippen LogP contribution is -2.21. The van der Waals surface area contributed by atoms with Gasteiger partial charge >= 0.3 is 0 Å². The van der Waals surface area contributed by atoms with E-state index in [2.05, 4.69) is 5.10 Å². The summed E-state index contributed by atoms with van der Waals surface area (Å²) in [6.07, 6.45) is 3.84. The molecule has 2 heterocycles. The highest BCUT2D eigenvalue weighted by atomic mass is 16.5. The lowest BCUT2D eigenvalue weighted by atomic mass is 10.0. The summed E-state index contributed by atoms with van der Waals surface area (Å²) < 4.78 is 7.22. The van der Waals surface area contributed by atoms with Crippen LogP contribution < -0.4 is 9.75 Å². The first-order chi connectivity index (χ1) is 16.5. The lowest BCUT2D eigenvalue weighted by Gasteiger charge is -2.11. The molecule has 0 aliphatic carbocycles. The molecule has 34 heavy (non-hydrogen) atoms. The molecule has 4 aromatic rings. The molecule has 0 radical (unpaired) electrons. The molecule has 5 rings (SSSR count). The molecule has 1 aliphatic heterocycles. The fourth-order valence-electron chi connectivity index (χ4n) is 4.03. The van der Waals surface area contributed by atoms with Crippen LogP contribution in [-0.4, -0.2) is 28.5 Å². The van der Waals surface area contributed by atoms with Crippen molar-refractivity contribution in [2.45, 2.75) is 13.8 Å². The number of para-hydroxylation sites is 2. The number of carbonyl (C=O) groups excluding carboxylic acids is 1. The fourth-order valence-corrected chi connectivity index (χ4v) is 4.03. The van der Waals surface area contributed by atoms with Gasteiger partial charge in [-0.15, -0.1) is 0 Å². The molecule has 0 atom stereocenters. The van der Waals surface area contributed by atoms with E-state index in [1.54, 1.807) is 7.11 Å². The second kappa shape index (κ2) is 8.83. The number of amides is 1. The number of methoxy groups -OCH3 is 1. The first-order valence-corrected chi connectivity index (χ1v) is 11.0. The van der Waals surface area contributed by atoms with Crippen molar-refractivity contribution in [1.82, 2.24) is 9.78 Å². The van der Waals surface area contributed by atoms with Crippen molar-refractivity contribution in [3.05, 3.63) is 102 Å². The second-order valence-electron chi connectivity index (χ2n) is 8.09. The van der Waals surface area contributed by atoms with Crippen molar-refractivity contribution in [2.75, 3.05) is 12.1 Å². The van der Waals surface area contributed by atoms with Crippen molar-refractivity contribution in [1.29, 1.82) is 0 Å². The van der Waals surface area contributed by atoms with Crippen LogP contribution in [0.4, 0.5) is 5.69 Å². The zero-order valence-electron chi connectivity index (χ0n) is 19.3. The van der Waals surface area contributed by atoms with Crippen LogP contribution in [0.5, 0.6) is 5.75 Å². The smallest absolute Gasteiger partial charge is 0.280 e. The van der Waals surface area contributed by atoms with Crippen LogP contribution >= 0.6 is 0 Å². The van der Waals surface area contributed by atoms with E-state index in [1.165, 1.54) is 5.01 Å². The summed E-state index contributed by atoms with van der Waals surface area (Å²) in [5.74, 6) is 0.629. The number of hydrogen-bond acceptors (Lipinski definition) is 4. The van der Waals surface area contributed by atoms with Gasteiger partial charge in [0, 0.05) is 17.3 Å². The second-order valence-corrected chi connectivity index (χ2v) is 8.09. The van der Waals surface area contributed by atoms with Crippen LogP contribution in [0, 0.1) is 6.92 Å². The zero-order chi connectivity index (χ0) is 23.7. The van der Waals surface area contributed by atoms with E-state index in [4.69, 9.17) is 9.84 Å². The predicted molar refractivity (Wildman–Crippen MR) is 135 cm³/mol. The first-order valence-electron chi connectivity index (χ1n) is 11.0. The Hall–Kier alpha value is -4.45. The molecule has 1 amide bonds. The number of rotatable bonds is 5. The number of aromatic nitrogens is 2. The predicted octanol–water partition coefficient (Wildman–Crippen LogP) is 5.66. The molecule has 0 spiro atoms. The van der Waals surface area contributed by atoms with Crippen LogP contribution in [0.1, 0.15) is 18.1 Å². The molecule has 6 heteroatoms. The summed E-state index contributed by atoms with van der Waals surface area (Å²) in [5.41, 5.74) is 6.52. The monoisotopic (exact) mass is 448 g/mol. The quantitative estimate of drug-likeness (QED) is 0.370. The highest BCUT2D eigenvalue weighted by Crippen LogP contribution is 2.32. The van der Waals surface area contributed by atoms with Crippen LogP contribution in [0.3, 0.4) is 0 Å². The zero-order valence-corrected chi connectivity index (χ0v) is 19.3. The van der Waals surface area contributed by atoms with Crippen molar-refractivity contribution < 1.29 is 9.53 Å².